The lowest BCUT2D eigenvalue weighted by Gasteiger charge is -2.43. The minimum absolute atomic E-state index is 0.0153. The highest BCUT2D eigenvalue weighted by molar-refractivity contribution is 5.42. The van der Waals surface area contributed by atoms with Crippen LogP contribution in [-0.2, 0) is 5.41 Å². The zero-order chi connectivity index (χ0) is 15.6. The number of benzene rings is 1. The molecule has 1 saturated carbocycles. The zero-order valence-electron chi connectivity index (χ0n) is 14.0. The molecule has 1 aromatic carbocycles. The van der Waals surface area contributed by atoms with Crippen LogP contribution in [0.1, 0.15) is 45.6 Å². The van der Waals surface area contributed by atoms with Crippen molar-refractivity contribution in [3.63, 3.8) is 0 Å². The van der Waals surface area contributed by atoms with Crippen LogP contribution in [0.3, 0.4) is 0 Å². The van der Waals surface area contributed by atoms with Gasteiger partial charge in [-0.05, 0) is 47.8 Å². The van der Waals surface area contributed by atoms with Gasteiger partial charge in [0.25, 0.3) is 0 Å². The van der Waals surface area contributed by atoms with Gasteiger partial charge < -0.3 is 15.2 Å². The summed E-state index contributed by atoms with van der Waals surface area (Å²) in [5.74, 6) is 2.92. The smallest absolute Gasteiger partial charge is 0.122 e. The van der Waals surface area contributed by atoms with Crippen molar-refractivity contribution in [1.82, 2.24) is 0 Å². The number of rotatable bonds is 4. The maximum absolute atomic E-state index is 6.47. The van der Waals surface area contributed by atoms with Crippen LogP contribution in [0.25, 0.3) is 0 Å². The van der Waals surface area contributed by atoms with E-state index in [1.807, 2.05) is 6.07 Å². The standard InChI is InChI=1S/C18H29NO2/c1-12-6-7-16(17(19)8-12)18(2,3)13-9-14(20-4)11-15(10-13)21-5/h9-12,16-17H,6-8,19H2,1-5H3. The first-order valence-corrected chi connectivity index (χ1v) is 7.87. The van der Waals surface area contributed by atoms with Crippen molar-refractivity contribution >= 4 is 0 Å². The Morgan fingerprint density at radius 3 is 2.10 bits per heavy atom. The molecule has 3 heteroatoms. The molecule has 3 atom stereocenters. The normalized spacial score (nSPS) is 26.5. The summed E-state index contributed by atoms with van der Waals surface area (Å²) in [4.78, 5) is 0. The summed E-state index contributed by atoms with van der Waals surface area (Å²) in [6.45, 7) is 6.89. The highest BCUT2D eigenvalue weighted by Gasteiger charge is 2.38. The molecule has 0 saturated heterocycles. The average molecular weight is 291 g/mol. The van der Waals surface area contributed by atoms with E-state index < -0.39 is 0 Å². The van der Waals surface area contributed by atoms with Crippen LogP contribution < -0.4 is 15.2 Å². The Morgan fingerprint density at radius 1 is 1.05 bits per heavy atom. The molecule has 0 radical (unpaired) electrons. The molecular formula is C18H29NO2. The Labute approximate surface area is 128 Å². The second kappa shape index (κ2) is 6.27. The Bertz CT molecular complexity index is 462. The quantitative estimate of drug-likeness (QED) is 0.919. The number of nitrogens with two attached hydrogens (primary N) is 1. The predicted octanol–water partition coefficient (Wildman–Crippen LogP) is 3.74. The largest absolute Gasteiger partial charge is 0.497 e. The van der Waals surface area contributed by atoms with Gasteiger partial charge in [-0.2, -0.15) is 0 Å². The van der Waals surface area contributed by atoms with Crippen LogP contribution in [0, 0.1) is 11.8 Å². The van der Waals surface area contributed by atoms with E-state index in [0.29, 0.717) is 5.92 Å². The molecule has 3 unspecified atom stereocenters. The fourth-order valence-electron chi connectivity index (χ4n) is 3.71. The molecule has 1 aromatic rings. The Hall–Kier alpha value is -1.22. The van der Waals surface area contributed by atoms with Gasteiger partial charge in [0, 0.05) is 12.1 Å². The van der Waals surface area contributed by atoms with E-state index in [4.69, 9.17) is 15.2 Å². The van der Waals surface area contributed by atoms with Crippen molar-refractivity contribution in [1.29, 1.82) is 0 Å². The molecule has 2 rings (SSSR count). The van der Waals surface area contributed by atoms with Crippen molar-refractivity contribution in [2.24, 2.45) is 17.6 Å². The monoisotopic (exact) mass is 291 g/mol. The Kier molecular flexibility index (Phi) is 4.82. The summed E-state index contributed by atoms with van der Waals surface area (Å²) < 4.78 is 10.8. The Morgan fingerprint density at radius 2 is 1.62 bits per heavy atom. The molecular weight excluding hydrogens is 262 g/mol. The van der Waals surface area contributed by atoms with E-state index in [1.165, 1.54) is 18.4 Å². The first-order valence-electron chi connectivity index (χ1n) is 7.87. The van der Waals surface area contributed by atoms with Crippen molar-refractivity contribution in [2.45, 2.75) is 51.5 Å². The number of methoxy groups -OCH3 is 2. The van der Waals surface area contributed by atoms with Crippen LogP contribution in [-0.4, -0.2) is 20.3 Å². The number of hydrogen-bond acceptors (Lipinski definition) is 3. The fourth-order valence-corrected chi connectivity index (χ4v) is 3.71. The van der Waals surface area contributed by atoms with E-state index >= 15 is 0 Å². The van der Waals surface area contributed by atoms with Crippen LogP contribution >= 0.6 is 0 Å². The first kappa shape index (κ1) is 16.2. The van der Waals surface area contributed by atoms with Gasteiger partial charge in [0.05, 0.1) is 14.2 Å². The molecule has 21 heavy (non-hydrogen) atoms. The topological polar surface area (TPSA) is 44.5 Å². The minimum Gasteiger partial charge on any atom is -0.497 e. The van der Waals surface area contributed by atoms with E-state index in [0.717, 1.165) is 23.8 Å². The van der Waals surface area contributed by atoms with Gasteiger partial charge in [-0.3, -0.25) is 0 Å². The van der Waals surface area contributed by atoms with Crippen molar-refractivity contribution in [2.75, 3.05) is 14.2 Å². The fraction of sp³-hybridized carbons (Fsp3) is 0.667. The molecule has 118 valence electrons. The second-order valence-electron chi connectivity index (χ2n) is 7.01. The highest BCUT2D eigenvalue weighted by atomic mass is 16.5. The molecule has 3 nitrogen and oxygen atoms in total. The molecule has 1 fully saturated rings. The van der Waals surface area contributed by atoms with Crippen LogP contribution in [0.5, 0.6) is 11.5 Å². The molecule has 2 N–H and O–H groups in total. The molecule has 1 aliphatic carbocycles. The molecule has 0 spiro atoms. The lowest BCUT2D eigenvalue weighted by molar-refractivity contribution is 0.170. The van der Waals surface area contributed by atoms with Gasteiger partial charge in [0.2, 0.25) is 0 Å². The van der Waals surface area contributed by atoms with Gasteiger partial charge in [0.15, 0.2) is 0 Å². The van der Waals surface area contributed by atoms with Crippen LogP contribution in [0.2, 0.25) is 0 Å². The van der Waals surface area contributed by atoms with Gasteiger partial charge in [-0.25, -0.2) is 0 Å². The summed E-state index contributed by atoms with van der Waals surface area (Å²) in [5.41, 5.74) is 7.73. The van der Waals surface area contributed by atoms with Gasteiger partial charge >= 0.3 is 0 Å². The third-order valence-corrected chi connectivity index (χ3v) is 5.18. The third-order valence-electron chi connectivity index (χ3n) is 5.18. The lowest BCUT2D eigenvalue weighted by atomic mass is 9.64. The molecule has 0 bridgehead atoms. The van der Waals surface area contributed by atoms with Gasteiger partial charge in [-0.1, -0.05) is 27.2 Å². The van der Waals surface area contributed by atoms with E-state index in [1.54, 1.807) is 14.2 Å². The zero-order valence-corrected chi connectivity index (χ0v) is 14.0. The maximum Gasteiger partial charge on any atom is 0.122 e. The summed E-state index contributed by atoms with van der Waals surface area (Å²) in [7, 11) is 3.39. The average Bonchev–Trinajstić information content (AvgIpc) is 2.46. The van der Waals surface area contributed by atoms with Gasteiger partial charge in [0.1, 0.15) is 11.5 Å². The highest BCUT2D eigenvalue weighted by Crippen LogP contribution is 2.43. The van der Waals surface area contributed by atoms with Crippen molar-refractivity contribution in [3.8, 4) is 11.5 Å². The molecule has 0 amide bonds. The molecule has 1 aliphatic rings. The SMILES string of the molecule is COc1cc(OC)cc(C(C)(C)C2CCC(C)CC2N)c1. The summed E-state index contributed by atoms with van der Waals surface area (Å²) in [6, 6.07) is 6.42. The van der Waals surface area contributed by atoms with E-state index in [9.17, 15) is 0 Å². The van der Waals surface area contributed by atoms with Crippen molar-refractivity contribution in [3.05, 3.63) is 23.8 Å². The third kappa shape index (κ3) is 3.34. The van der Waals surface area contributed by atoms with Crippen molar-refractivity contribution < 1.29 is 9.47 Å². The number of ether oxygens (including phenoxy) is 2. The Balaban J connectivity index is 2.34. The molecule has 0 heterocycles. The predicted molar refractivity (Wildman–Crippen MR) is 87.1 cm³/mol. The van der Waals surface area contributed by atoms with Crippen LogP contribution in [0.15, 0.2) is 18.2 Å². The summed E-state index contributed by atoms with van der Waals surface area (Å²) in [5, 5.41) is 0. The van der Waals surface area contributed by atoms with Gasteiger partial charge in [-0.15, -0.1) is 0 Å². The minimum atomic E-state index is 0.0153. The maximum atomic E-state index is 6.47. The van der Waals surface area contributed by atoms with E-state index in [2.05, 4.69) is 32.9 Å². The van der Waals surface area contributed by atoms with Crippen LogP contribution in [0.4, 0.5) is 0 Å². The number of hydrogen-bond donors (Lipinski definition) is 1. The van der Waals surface area contributed by atoms with E-state index in [-0.39, 0.29) is 11.5 Å². The summed E-state index contributed by atoms with van der Waals surface area (Å²) >= 11 is 0. The lowest BCUT2D eigenvalue weighted by Crippen LogP contribution is -2.45. The molecule has 0 aromatic heterocycles. The second-order valence-corrected chi connectivity index (χ2v) is 7.01. The molecule has 0 aliphatic heterocycles. The summed E-state index contributed by atoms with van der Waals surface area (Å²) in [6.07, 6.45) is 3.58. The first-order chi connectivity index (χ1) is 9.88.